The van der Waals surface area contributed by atoms with Crippen molar-refractivity contribution < 1.29 is 9.47 Å². The summed E-state index contributed by atoms with van der Waals surface area (Å²) in [6.07, 6.45) is 3.43. The van der Waals surface area contributed by atoms with Crippen LogP contribution in [0, 0.1) is 5.92 Å². The van der Waals surface area contributed by atoms with Gasteiger partial charge in [0.15, 0.2) is 5.96 Å². The van der Waals surface area contributed by atoms with Crippen LogP contribution in [0.3, 0.4) is 0 Å². The van der Waals surface area contributed by atoms with Crippen molar-refractivity contribution in [2.75, 3.05) is 59.4 Å². The van der Waals surface area contributed by atoms with E-state index in [9.17, 15) is 0 Å². The molecular formula is C19H32N4O2. The lowest BCUT2D eigenvalue weighted by atomic mass is 9.99. The lowest BCUT2D eigenvalue weighted by Gasteiger charge is -2.30. The maximum absolute atomic E-state index is 5.75. The fourth-order valence-electron chi connectivity index (χ4n) is 3.05. The molecule has 25 heavy (non-hydrogen) atoms. The zero-order chi connectivity index (χ0) is 17.9. The molecule has 1 aliphatic heterocycles. The number of ether oxygens (including phenoxy) is 2. The van der Waals surface area contributed by atoms with Crippen LogP contribution in [0.1, 0.15) is 19.3 Å². The Hall–Kier alpha value is -1.79. The lowest BCUT2D eigenvalue weighted by molar-refractivity contribution is 0.172. The molecule has 1 aromatic carbocycles. The maximum Gasteiger partial charge on any atom is 0.195 e. The van der Waals surface area contributed by atoms with Crippen molar-refractivity contribution >= 4 is 11.6 Å². The zero-order valence-electron chi connectivity index (χ0n) is 15.8. The summed E-state index contributed by atoms with van der Waals surface area (Å²) in [7, 11) is 5.69. The van der Waals surface area contributed by atoms with E-state index in [1.54, 1.807) is 14.2 Å². The highest BCUT2D eigenvalue weighted by Gasteiger charge is 2.17. The summed E-state index contributed by atoms with van der Waals surface area (Å²) in [5.41, 5.74) is 0.970. The molecule has 1 aliphatic rings. The van der Waals surface area contributed by atoms with E-state index in [0.29, 0.717) is 19.1 Å². The van der Waals surface area contributed by atoms with E-state index >= 15 is 0 Å². The van der Waals surface area contributed by atoms with Gasteiger partial charge in [0.1, 0.15) is 5.75 Å². The van der Waals surface area contributed by atoms with Crippen LogP contribution in [0.15, 0.2) is 29.3 Å². The van der Waals surface area contributed by atoms with Crippen molar-refractivity contribution in [2.45, 2.75) is 19.3 Å². The fourth-order valence-corrected chi connectivity index (χ4v) is 3.05. The summed E-state index contributed by atoms with van der Waals surface area (Å²) in [5.74, 6) is 2.32. The maximum atomic E-state index is 5.75. The fraction of sp³-hybridized carbons (Fsp3) is 0.632. The van der Waals surface area contributed by atoms with Gasteiger partial charge in [0.05, 0.1) is 6.61 Å². The molecule has 0 aromatic heterocycles. The summed E-state index contributed by atoms with van der Waals surface area (Å²) in [5, 5.41) is 6.78. The Kier molecular flexibility index (Phi) is 8.55. The van der Waals surface area contributed by atoms with Crippen molar-refractivity contribution in [2.24, 2.45) is 10.9 Å². The monoisotopic (exact) mass is 348 g/mol. The van der Waals surface area contributed by atoms with Gasteiger partial charge in [-0.05, 0) is 44.5 Å². The van der Waals surface area contributed by atoms with Gasteiger partial charge in [-0.25, -0.2) is 0 Å². The Morgan fingerprint density at radius 2 is 2.24 bits per heavy atom. The Balaban J connectivity index is 1.80. The minimum Gasteiger partial charge on any atom is -0.493 e. The first-order chi connectivity index (χ1) is 12.2. The van der Waals surface area contributed by atoms with Crippen molar-refractivity contribution in [3.8, 4) is 5.75 Å². The molecule has 0 amide bonds. The molecule has 1 heterocycles. The van der Waals surface area contributed by atoms with E-state index in [4.69, 9.17) is 9.47 Å². The molecule has 140 valence electrons. The predicted molar refractivity (Wildman–Crippen MR) is 104 cm³/mol. The van der Waals surface area contributed by atoms with Gasteiger partial charge in [-0.1, -0.05) is 6.07 Å². The van der Waals surface area contributed by atoms with Gasteiger partial charge in [0.25, 0.3) is 0 Å². The number of anilines is 1. The predicted octanol–water partition coefficient (Wildman–Crippen LogP) is 2.43. The van der Waals surface area contributed by atoms with Gasteiger partial charge in [-0.15, -0.1) is 0 Å². The van der Waals surface area contributed by atoms with Crippen LogP contribution in [0.25, 0.3) is 0 Å². The molecule has 0 aliphatic carbocycles. The van der Waals surface area contributed by atoms with Crippen molar-refractivity contribution in [3.63, 3.8) is 0 Å². The highest BCUT2D eigenvalue weighted by atomic mass is 16.5. The quantitative estimate of drug-likeness (QED) is 0.429. The Bertz CT molecular complexity index is 536. The summed E-state index contributed by atoms with van der Waals surface area (Å²) in [6.45, 7) is 4.66. The molecule has 6 heteroatoms. The second kappa shape index (κ2) is 10.9. The molecule has 0 spiro atoms. The molecule has 2 rings (SSSR count). The number of rotatable bonds is 8. The second-order valence-electron chi connectivity index (χ2n) is 6.57. The van der Waals surface area contributed by atoms with E-state index in [2.05, 4.69) is 27.6 Å². The number of likely N-dealkylation sites (tertiary alicyclic amines) is 1. The molecular weight excluding hydrogens is 316 g/mol. The smallest absolute Gasteiger partial charge is 0.195 e. The minimum atomic E-state index is 0.652. The van der Waals surface area contributed by atoms with Crippen LogP contribution in [0.5, 0.6) is 5.75 Å². The molecule has 0 radical (unpaired) electrons. The van der Waals surface area contributed by atoms with E-state index in [1.807, 2.05) is 24.3 Å². The molecule has 1 aromatic rings. The number of hydrogen-bond acceptors (Lipinski definition) is 4. The van der Waals surface area contributed by atoms with E-state index in [-0.39, 0.29) is 0 Å². The average Bonchev–Trinajstić information content (AvgIpc) is 2.63. The molecule has 1 atom stereocenters. The molecule has 1 fully saturated rings. The first-order valence-corrected chi connectivity index (χ1v) is 9.09. The summed E-state index contributed by atoms with van der Waals surface area (Å²) in [4.78, 5) is 6.73. The topological polar surface area (TPSA) is 58.1 Å². The summed E-state index contributed by atoms with van der Waals surface area (Å²) < 4.78 is 10.8. The Morgan fingerprint density at radius 3 is 3.00 bits per heavy atom. The molecule has 1 unspecified atom stereocenters. The third-order valence-electron chi connectivity index (χ3n) is 4.36. The van der Waals surface area contributed by atoms with E-state index in [0.717, 1.165) is 36.9 Å². The van der Waals surface area contributed by atoms with E-state index < -0.39 is 0 Å². The van der Waals surface area contributed by atoms with Gasteiger partial charge in [-0.3, -0.25) is 4.99 Å². The third kappa shape index (κ3) is 7.32. The van der Waals surface area contributed by atoms with Crippen LogP contribution in [0.2, 0.25) is 0 Å². The largest absolute Gasteiger partial charge is 0.493 e. The van der Waals surface area contributed by atoms with Crippen LogP contribution in [-0.2, 0) is 4.74 Å². The standard InChI is InChI=1S/C19H32N4O2/c1-20-19(21-14-16-7-5-10-23(2)15-16)22-17-8-4-9-18(13-17)25-12-6-11-24-3/h4,8-9,13,16H,5-7,10-12,14-15H2,1-3H3,(H2,20,21,22). The number of benzene rings is 1. The van der Waals surface area contributed by atoms with Crippen LogP contribution >= 0.6 is 0 Å². The van der Waals surface area contributed by atoms with Gasteiger partial charge >= 0.3 is 0 Å². The molecule has 0 bridgehead atoms. The summed E-state index contributed by atoms with van der Waals surface area (Å²) in [6, 6.07) is 7.96. The van der Waals surface area contributed by atoms with Crippen LogP contribution < -0.4 is 15.4 Å². The number of guanidine groups is 1. The first-order valence-electron chi connectivity index (χ1n) is 9.09. The molecule has 6 nitrogen and oxygen atoms in total. The van der Waals surface area contributed by atoms with Crippen LogP contribution in [0.4, 0.5) is 5.69 Å². The highest BCUT2D eigenvalue weighted by molar-refractivity contribution is 5.93. The normalized spacial score (nSPS) is 18.8. The molecule has 0 saturated carbocycles. The lowest BCUT2D eigenvalue weighted by Crippen LogP contribution is -2.41. The number of nitrogens with one attached hydrogen (secondary N) is 2. The second-order valence-corrected chi connectivity index (χ2v) is 6.57. The van der Waals surface area contributed by atoms with Gasteiger partial charge in [0, 0.05) is 52.0 Å². The van der Waals surface area contributed by atoms with E-state index in [1.165, 1.54) is 19.4 Å². The van der Waals surface area contributed by atoms with Gasteiger partial charge < -0.3 is 25.0 Å². The number of nitrogens with zero attached hydrogens (tertiary/aromatic N) is 2. The number of methoxy groups -OCH3 is 1. The van der Waals surface area contributed by atoms with Crippen molar-refractivity contribution in [1.82, 2.24) is 10.2 Å². The summed E-state index contributed by atoms with van der Waals surface area (Å²) >= 11 is 0. The van der Waals surface area contributed by atoms with Gasteiger partial charge in [-0.2, -0.15) is 0 Å². The number of hydrogen-bond donors (Lipinski definition) is 2. The zero-order valence-corrected chi connectivity index (χ0v) is 15.8. The average molecular weight is 348 g/mol. The highest BCUT2D eigenvalue weighted by Crippen LogP contribution is 2.18. The molecule has 2 N–H and O–H groups in total. The number of aliphatic imine (C=N–C) groups is 1. The van der Waals surface area contributed by atoms with Crippen molar-refractivity contribution in [3.05, 3.63) is 24.3 Å². The minimum absolute atomic E-state index is 0.652. The molecule has 1 saturated heterocycles. The Labute approximate surface area is 151 Å². The van der Waals surface area contributed by atoms with Crippen molar-refractivity contribution in [1.29, 1.82) is 0 Å². The number of piperidine rings is 1. The SMILES string of the molecule is CN=C(NCC1CCCN(C)C1)Nc1cccc(OCCCOC)c1. The Morgan fingerprint density at radius 1 is 1.36 bits per heavy atom. The van der Waals surface area contributed by atoms with Crippen LogP contribution in [-0.4, -0.2) is 64.9 Å². The van der Waals surface area contributed by atoms with Gasteiger partial charge in [0.2, 0.25) is 0 Å². The third-order valence-corrected chi connectivity index (χ3v) is 4.36. The first kappa shape index (κ1) is 19.5.